The summed E-state index contributed by atoms with van der Waals surface area (Å²) in [6, 6.07) is 4.28. The van der Waals surface area contributed by atoms with Gasteiger partial charge in [-0.05, 0) is 28.9 Å². The number of amides is 1. The second-order valence-electron chi connectivity index (χ2n) is 6.41. The molecule has 1 aromatic carbocycles. The highest BCUT2D eigenvalue weighted by molar-refractivity contribution is 5.99. The first-order valence-electron chi connectivity index (χ1n) is 6.51. The standard InChI is InChI=1S/C15H21FN2O/c1-14(2)11(15(14,3)4)8-18-13(19)9-6-5-7-10(16)12(9)17/h5-7,11H,8,17H2,1-4H3,(H,18,19). The van der Waals surface area contributed by atoms with Gasteiger partial charge in [0.25, 0.3) is 5.91 Å². The maximum atomic E-state index is 13.3. The van der Waals surface area contributed by atoms with Crippen LogP contribution in [0.3, 0.4) is 0 Å². The van der Waals surface area contributed by atoms with Crippen LogP contribution >= 0.6 is 0 Å². The van der Waals surface area contributed by atoms with E-state index in [1.165, 1.54) is 18.2 Å². The van der Waals surface area contributed by atoms with Crippen LogP contribution in [0.1, 0.15) is 38.1 Å². The van der Waals surface area contributed by atoms with Gasteiger partial charge in [0.1, 0.15) is 5.82 Å². The summed E-state index contributed by atoms with van der Waals surface area (Å²) >= 11 is 0. The first kappa shape index (κ1) is 13.8. The smallest absolute Gasteiger partial charge is 0.253 e. The molecule has 1 saturated carbocycles. The number of benzene rings is 1. The van der Waals surface area contributed by atoms with E-state index in [-0.39, 0.29) is 28.0 Å². The lowest BCUT2D eigenvalue weighted by Gasteiger charge is -2.09. The fourth-order valence-corrected chi connectivity index (χ4v) is 2.87. The summed E-state index contributed by atoms with van der Waals surface area (Å²) in [4.78, 5) is 12.0. The van der Waals surface area contributed by atoms with E-state index < -0.39 is 5.82 Å². The highest BCUT2D eigenvalue weighted by atomic mass is 19.1. The Labute approximate surface area is 113 Å². The number of rotatable bonds is 3. The maximum Gasteiger partial charge on any atom is 0.253 e. The van der Waals surface area contributed by atoms with Crippen molar-refractivity contribution in [2.75, 3.05) is 12.3 Å². The average molecular weight is 264 g/mol. The Morgan fingerprint density at radius 1 is 1.32 bits per heavy atom. The fourth-order valence-electron chi connectivity index (χ4n) is 2.87. The fraction of sp³-hybridized carbons (Fsp3) is 0.533. The summed E-state index contributed by atoms with van der Waals surface area (Å²) in [5, 5.41) is 2.85. The minimum absolute atomic E-state index is 0.0886. The van der Waals surface area contributed by atoms with Crippen LogP contribution < -0.4 is 11.1 Å². The molecule has 1 aliphatic rings. The molecule has 3 nitrogen and oxygen atoms in total. The van der Waals surface area contributed by atoms with Crippen molar-refractivity contribution in [2.45, 2.75) is 27.7 Å². The van der Waals surface area contributed by atoms with Gasteiger partial charge in [-0.25, -0.2) is 4.39 Å². The molecule has 1 fully saturated rings. The van der Waals surface area contributed by atoms with Crippen molar-refractivity contribution in [3.63, 3.8) is 0 Å². The lowest BCUT2D eigenvalue weighted by molar-refractivity contribution is 0.0950. The summed E-state index contributed by atoms with van der Waals surface area (Å²) in [7, 11) is 0. The van der Waals surface area contributed by atoms with Crippen LogP contribution in [-0.2, 0) is 0 Å². The lowest BCUT2D eigenvalue weighted by Crippen LogP contribution is -2.28. The third-order valence-electron chi connectivity index (χ3n) is 5.08. The zero-order chi connectivity index (χ0) is 14.4. The number of hydrogen-bond donors (Lipinski definition) is 2. The van der Waals surface area contributed by atoms with Crippen LogP contribution in [-0.4, -0.2) is 12.5 Å². The zero-order valence-electron chi connectivity index (χ0n) is 11.9. The van der Waals surface area contributed by atoms with Gasteiger partial charge in [-0.3, -0.25) is 4.79 Å². The van der Waals surface area contributed by atoms with Gasteiger partial charge in [0.05, 0.1) is 11.3 Å². The Kier molecular flexibility index (Phi) is 3.07. The van der Waals surface area contributed by atoms with Crippen molar-refractivity contribution in [1.29, 1.82) is 0 Å². The van der Waals surface area contributed by atoms with Gasteiger partial charge >= 0.3 is 0 Å². The molecule has 0 atom stereocenters. The summed E-state index contributed by atoms with van der Waals surface area (Å²) < 4.78 is 13.3. The van der Waals surface area contributed by atoms with E-state index in [2.05, 4.69) is 33.0 Å². The third-order valence-corrected chi connectivity index (χ3v) is 5.08. The zero-order valence-corrected chi connectivity index (χ0v) is 11.9. The molecule has 0 spiro atoms. The largest absolute Gasteiger partial charge is 0.396 e. The van der Waals surface area contributed by atoms with Crippen molar-refractivity contribution >= 4 is 11.6 Å². The normalized spacial score (nSPS) is 20.1. The molecule has 1 amide bonds. The van der Waals surface area contributed by atoms with Gasteiger partial charge in [0.15, 0.2) is 0 Å². The molecular weight excluding hydrogens is 243 g/mol. The van der Waals surface area contributed by atoms with E-state index in [4.69, 9.17) is 5.73 Å². The van der Waals surface area contributed by atoms with Crippen LogP contribution in [0.2, 0.25) is 0 Å². The molecule has 3 N–H and O–H groups in total. The number of carbonyl (C=O) groups is 1. The number of nitrogens with two attached hydrogens (primary N) is 1. The van der Waals surface area contributed by atoms with Crippen molar-refractivity contribution in [2.24, 2.45) is 16.7 Å². The van der Waals surface area contributed by atoms with Crippen LogP contribution in [0, 0.1) is 22.6 Å². The van der Waals surface area contributed by atoms with Crippen LogP contribution in [0.15, 0.2) is 18.2 Å². The van der Waals surface area contributed by atoms with E-state index in [0.717, 1.165) is 0 Å². The monoisotopic (exact) mass is 264 g/mol. The van der Waals surface area contributed by atoms with E-state index in [9.17, 15) is 9.18 Å². The summed E-state index contributed by atoms with van der Waals surface area (Å²) in [6.07, 6.45) is 0. The molecule has 0 aliphatic heterocycles. The molecule has 0 unspecified atom stereocenters. The molecule has 0 radical (unpaired) electrons. The van der Waals surface area contributed by atoms with Gasteiger partial charge in [-0.1, -0.05) is 33.8 Å². The molecule has 1 aromatic rings. The number of anilines is 1. The molecule has 0 saturated heterocycles. The highest BCUT2D eigenvalue weighted by Crippen LogP contribution is 2.67. The Balaban J connectivity index is 2.02. The number of hydrogen-bond acceptors (Lipinski definition) is 2. The second kappa shape index (κ2) is 4.22. The van der Waals surface area contributed by atoms with Crippen molar-refractivity contribution in [3.8, 4) is 0 Å². The predicted octanol–water partition coefficient (Wildman–Crippen LogP) is 2.82. The molecule has 2 rings (SSSR count). The number of carbonyl (C=O) groups excluding carboxylic acids is 1. The first-order chi connectivity index (χ1) is 8.69. The van der Waals surface area contributed by atoms with E-state index in [0.29, 0.717) is 12.5 Å². The highest BCUT2D eigenvalue weighted by Gasteiger charge is 2.64. The van der Waals surface area contributed by atoms with Crippen LogP contribution in [0.4, 0.5) is 10.1 Å². The topological polar surface area (TPSA) is 55.1 Å². The van der Waals surface area contributed by atoms with Gasteiger partial charge in [0, 0.05) is 6.54 Å². The first-order valence-corrected chi connectivity index (χ1v) is 6.51. The van der Waals surface area contributed by atoms with Crippen LogP contribution in [0.25, 0.3) is 0 Å². The molecule has 1 aliphatic carbocycles. The number of para-hydroxylation sites is 1. The summed E-state index contributed by atoms with van der Waals surface area (Å²) in [6.45, 7) is 9.37. The van der Waals surface area contributed by atoms with Crippen LogP contribution in [0.5, 0.6) is 0 Å². The Morgan fingerprint density at radius 2 is 1.89 bits per heavy atom. The van der Waals surface area contributed by atoms with Crippen molar-refractivity contribution < 1.29 is 9.18 Å². The third kappa shape index (κ3) is 2.09. The minimum Gasteiger partial charge on any atom is -0.396 e. The predicted molar refractivity (Wildman–Crippen MR) is 74.2 cm³/mol. The second-order valence-corrected chi connectivity index (χ2v) is 6.41. The molecular formula is C15H21FN2O. The van der Waals surface area contributed by atoms with E-state index in [1.807, 2.05) is 0 Å². The molecule has 19 heavy (non-hydrogen) atoms. The van der Waals surface area contributed by atoms with E-state index in [1.54, 1.807) is 0 Å². The molecule has 104 valence electrons. The Morgan fingerprint density at radius 3 is 2.42 bits per heavy atom. The molecule has 0 aromatic heterocycles. The van der Waals surface area contributed by atoms with Gasteiger partial charge in [-0.2, -0.15) is 0 Å². The maximum absolute atomic E-state index is 13.3. The van der Waals surface area contributed by atoms with Gasteiger partial charge < -0.3 is 11.1 Å². The Hall–Kier alpha value is -1.58. The van der Waals surface area contributed by atoms with Crippen molar-refractivity contribution in [3.05, 3.63) is 29.6 Å². The SMILES string of the molecule is CC1(C)C(CNC(=O)c2cccc(F)c2N)C1(C)C. The molecule has 4 heteroatoms. The molecule has 0 bridgehead atoms. The summed E-state index contributed by atoms with van der Waals surface area (Å²) in [5.41, 5.74) is 6.12. The number of nitrogen functional groups attached to an aromatic ring is 1. The Bertz CT molecular complexity index is 509. The average Bonchev–Trinajstić information content (AvgIpc) is 2.70. The molecule has 0 heterocycles. The van der Waals surface area contributed by atoms with Crippen molar-refractivity contribution in [1.82, 2.24) is 5.32 Å². The summed E-state index contributed by atoms with van der Waals surface area (Å²) in [5.74, 6) is -0.436. The van der Waals surface area contributed by atoms with Gasteiger partial charge in [-0.15, -0.1) is 0 Å². The lowest BCUT2D eigenvalue weighted by atomic mass is 10.0. The number of nitrogens with one attached hydrogen (secondary N) is 1. The quantitative estimate of drug-likeness (QED) is 0.825. The van der Waals surface area contributed by atoms with Gasteiger partial charge in [0.2, 0.25) is 0 Å². The minimum atomic E-state index is -0.556. The van der Waals surface area contributed by atoms with E-state index >= 15 is 0 Å². The number of halogens is 1.